The van der Waals surface area contributed by atoms with Crippen molar-refractivity contribution in [2.24, 2.45) is 5.73 Å². The van der Waals surface area contributed by atoms with Crippen molar-refractivity contribution >= 4 is 61.6 Å². The fraction of sp³-hybridized carbons (Fsp3) is 0.267. The van der Waals surface area contributed by atoms with Crippen molar-refractivity contribution in [2.45, 2.75) is 20.3 Å². The maximum atomic E-state index is 10.9. The second-order valence-electron chi connectivity index (χ2n) is 5.43. The van der Waals surface area contributed by atoms with Crippen LogP contribution in [-0.2, 0) is 15.2 Å². The van der Waals surface area contributed by atoms with Gasteiger partial charge in [0, 0.05) is 0 Å². The molecule has 0 radical (unpaired) electrons. The standard InChI is InChI=1S/C15H15I2NO4.H2O4S/c16-15(17)8-9(7-12(18)14(20)21)1-6-13(15)22-11-4-2-10(19)3-5-11;1-5(2,3)4/h1-6,12,19H,7-8,18H2,(H,20,21);(H2,1,2,3,4). The first kappa shape index (κ1) is 24.1. The van der Waals surface area contributed by atoms with Crippen LogP contribution < -0.4 is 10.5 Å². The van der Waals surface area contributed by atoms with Crippen LogP contribution in [0.3, 0.4) is 0 Å². The minimum Gasteiger partial charge on any atom is -0.508 e. The molecule has 0 saturated carbocycles. The molecule has 0 heterocycles. The molecular weight excluding hydrogens is 608 g/mol. The summed E-state index contributed by atoms with van der Waals surface area (Å²) in [6.45, 7) is 0. The first-order chi connectivity index (χ1) is 12.3. The molecule has 1 unspecified atom stereocenters. The third-order valence-electron chi connectivity index (χ3n) is 3.14. The topological polar surface area (TPSA) is 167 Å². The highest BCUT2D eigenvalue weighted by molar-refractivity contribution is 14.2. The number of carbonyl (C=O) groups is 1. The molecule has 0 spiro atoms. The molecule has 0 saturated heterocycles. The molecule has 0 bridgehead atoms. The van der Waals surface area contributed by atoms with Gasteiger partial charge in [-0.3, -0.25) is 13.9 Å². The molecule has 27 heavy (non-hydrogen) atoms. The molecule has 9 nitrogen and oxygen atoms in total. The quantitative estimate of drug-likeness (QED) is 0.188. The summed E-state index contributed by atoms with van der Waals surface area (Å²) in [5.74, 6) is 0.599. The maximum absolute atomic E-state index is 10.9. The monoisotopic (exact) mass is 625 g/mol. The van der Waals surface area contributed by atoms with Crippen LogP contribution in [0.4, 0.5) is 0 Å². The van der Waals surface area contributed by atoms with Crippen molar-refractivity contribution in [3.63, 3.8) is 0 Å². The Balaban J connectivity index is 0.000000646. The average Bonchev–Trinajstić information content (AvgIpc) is 2.49. The van der Waals surface area contributed by atoms with Gasteiger partial charge in [0.1, 0.15) is 24.7 Å². The summed E-state index contributed by atoms with van der Waals surface area (Å²) < 4.78 is 37.1. The van der Waals surface area contributed by atoms with Gasteiger partial charge in [-0.2, -0.15) is 8.42 Å². The number of halogens is 2. The van der Waals surface area contributed by atoms with Crippen LogP contribution in [0.2, 0.25) is 0 Å². The molecular formula is C15H17I2NO8S. The van der Waals surface area contributed by atoms with Crippen molar-refractivity contribution < 1.29 is 37.3 Å². The molecule has 12 heteroatoms. The molecule has 0 aromatic heterocycles. The van der Waals surface area contributed by atoms with Gasteiger partial charge in [-0.05, 0) is 43.2 Å². The number of carboxylic acids is 1. The fourth-order valence-corrected chi connectivity index (χ4v) is 3.57. The summed E-state index contributed by atoms with van der Waals surface area (Å²) >= 11 is 4.56. The lowest BCUT2D eigenvalue weighted by molar-refractivity contribution is -0.138. The first-order valence-corrected chi connectivity index (χ1v) is 10.8. The predicted octanol–water partition coefficient (Wildman–Crippen LogP) is 2.70. The molecule has 0 fully saturated rings. The highest BCUT2D eigenvalue weighted by atomic mass is 127. The highest BCUT2D eigenvalue weighted by Gasteiger charge is 2.34. The van der Waals surface area contributed by atoms with Crippen molar-refractivity contribution in [1.82, 2.24) is 0 Å². The van der Waals surface area contributed by atoms with Crippen LogP contribution >= 0.6 is 45.2 Å². The minimum atomic E-state index is -4.67. The van der Waals surface area contributed by atoms with Gasteiger partial charge < -0.3 is 20.7 Å². The fourth-order valence-electron chi connectivity index (χ4n) is 2.01. The molecule has 2 rings (SSSR count). The van der Waals surface area contributed by atoms with E-state index in [-0.39, 0.29) is 7.18 Å². The van der Waals surface area contributed by atoms with E-state index in [1.54, 1.807) is 24.3 Å². The highest BCUT2D eigenvalue weighted by Crippen LogP contribution is 2.45. The molecule has 1 aromatic carbocycles. The second-order valence-corrected chi connectivity index (χ2v) is 12.1. The van der Waals surface area contributed by atoms with Crippen molar-refractivity contribution in [3.05, 3.63) is 47.7 Å². The number of rotatable bonds is 5. The average molecular weight is 625 g/mol. The number of hydrogen-bond donors (Lipinski definition) is 5. The van der Waals surface area contributed by atoms with Gasteiger partial charge in [-0.15, -0.1) is 0 Å². The zero-order valence-corrected chi connectivity index (χ0v) is 18.8. The van der Waals surface area contributed by atoms with Gasteiger partial charge in [0.2, 0.25) is 0 Å². The minimum absolute atomic E-state index is 0.185. The molecule has 1 aromatic rings. The SMILES string of the molecule is NC(CC1=CC=C(Oc2ccc(O)cc2)C(I)(I)C1)C(=O)O.O=S(=O)(O)O. The van der Waals surface area contributed by atoms with Crippen LogP contribution in [0.15, 0.2) is 47.7 Å². The molecule has 6 N–H and O–H groups in total. The number of phenols is 1. The van der Waals surface area contributed by atoms with E-state index in [4.69, 9.17) is 33.1 Å². The Labute approximate surface area is 183 Å². The Morgan fingerprint density at radius 3 is 2.19 bits per heavy atom. The molecule has 150 valence electrons. The number of aliphatic carboxylic acids is 1. The maximum Gasteiger partial charge on any atom is 0.394 e. The van der Waals surface area contributed by atoms with Crippen LogP contribution in [0.5, 0.6) is 11.5 Å². The number of allylic oxidation sites excluding steroid dienone is 3. The normalized spacial score (nSPS) is 16.9. The molecule has 1 aliphatic rings. The van der Waals surface area contributed by atoms with Crippen molar-refractivity contribution in [2.75, 3.05) is 0 Å². The van der Waals surface area contributed by atoms with Gasteiger partial charge in [-0.25, -0.2) is 0 Å². The largest absolute Gasteiger partial charge is 0.508 e. The zero-order chi connectivity index (χ0) is 20.8. The zero-order valence-electron chi connectivity index (χ0n) is 13.6. The Bertz CT molecular complexity index is 826. The number of phenolic OH excluding ortho intramolecular Hbond substituents is 1. The summed E-state index contributed by atoms with van der Waals surface area (Å²) in [6, 6.07) is 5.63. The Hall–Kier alpha value is -0.940. The summed E-state index contributed by atoms with van der Waals surface area (Å²) in [5, 5.41) is 18.2. The number of alkyl halides is 2. The van der Waals surface area contributed by atoms with Gasteiger partial charge in [0.05, 0.1) is 0 Å². The number of benzene rings is 1. The number of nitrogens with two attached hydrogens (primary N) is 1. The first-order valence-electron chi connectivity index (χ1n) is 7.21. The molecule has 1 aliphatic carbocycles. The lowest BCUT2D eigenvalue weighted by Gasteiger charge is -2.29. The summed E-state index contributed by atoms with van der Waals surface area (Å²) in [4.78, 5) is 10.9. The van der Waals surface area contributed by atoms with Crippen LogP contribution in [-0.4, -0.2) is 41.2 Å². The van der Waals surface area contributed by atoms with Gasteiger partial charge >= 0.3 is 16.4 Å². The molecule has 0 aliphatic heterocycles. The number of ether oxygens (including phenoxy) is 1. The van der Waals surface area contributed by atoms with E-state index in [1.807, 2.05) is 12.2 Å². The Kier molecular flexibility index (Phi) is 8.94. The third-order valence-corrected chi connectivity index (χ3v) is 4.97. The van der Waals surface area contributed by atoms with Gasteiger partial charge in [0.25, 0.3) is 0 Å². The Morgan fingerprint density at radius 1 is 1.22 bits per heavy atom. The predicted molar refractivity (Wildman–Crippen MR) is 115 cm³/mol. The van der Waals surface area contributed by atoms with E-state index in [0.717, 1.165) is 11.3 Å². The third kappa shape index (κ3) is 9.70. The molecule has 0 amide bonds. The molecule has 1 atom stereocenters. The summed E-state index contributed by atoms with van der Waals surface area (Å²) in [7, 11) is -4.67. The van der Waals surface area contributed by atoms with Crippen LogP contribution in [0.1, 0.15) is 12.8 Å². The van der Waals surface area contributed by atoms with Crippen molar-refractivity contribution in [3.8, 4) is 11.5 Å². The van der Waals surface area contributed by atoms with E-state index in [0.29, 0.717) is 18.6 Å². The van der Waals surface area contributed by atoms with Crippen LogP contribution in [0, 0.1) is 0 Å². The van der Waals surface area contributed by atoms with Gasteiger partial charge in [0.15, 0.2) is 0 Å². The van der Waals surface area contributed by atoms with E-state index in [2.05, 4.69) is 45.2 Å². The van der Waals surface area contributed by atoms with E-state index in [1.165, 1.54) is 0 Å². The second kappa shape index (κ2) is 10.0. The van der Waals surface area contributed by atoms with E-state index < -0.39 is 22.4 Å². The summed E-state index contributed by atoms with van der Waals surface area (Å²) in [5.41, 5.74) is 6.57. The smallest absolute Gasteiger partial charge is 0.394 e. The number of aromatic hydroxyl groups is 1. The number of hydrogen-bond acceptors (Lipinski definition) is 6. The summed E-state index contributed by atoms with van der Waals surface area (Å²) in [6.07, 6.45) is 4.71. The lowest BCUT2D eigenvalue weighted by Crippen LogP contribution is -2.32. The van der Waals surface area contributed by atoms with E-state index >= 15 is 0 Å². The van der Waals surface area contributed by atoms with Crippen molar-refractivity contribution in [1.29, 1.82) is 0 Å². The number of carboxylic acid groups (broad SMARTS) is 1. The Morgan fingerprint density at radius 2 is 1.74 bits per heavy atom. The van der Waals surface area contributed by atoms with E-state index in [9.17, 15) is 9.90 Å². The van der Waals surface area contributed by atoms with Crippen LogP contribution in [0.25, 0.3) is 0 Å². The lowest BCUT2D eigenvalue weighted by atomic mass is 9.97. The van der Waals surface area contributed by atoms with Gasteiger partial charge in [-0.1, -0.05) is 56.8 Å².